The number of ether oxygens (including phenoxy) is 1. The molecular weight excluding hydrogens is 162 g/mol. The van der Waals surface area contributed by atoms with Gasteiger partial charge in [0.05, 0.1) is 12.6 Å². The van der Waals surface area contributed by atoms with Crippen LogP contribution in [0.2, 0.25) is 0 Å². The molecule has 0 aromatic carbocycles. The maximum Gasteiger partial charge on any atom is 0.302 e. The Hall–Kier alpha value is -1.10. The van der Waals surface area contributed by atoms with Gasteiger partial charge in [-0.2, -0.15) is 0 Å². The minimum atomic E-state index is -0.508. The summed E-state index contributed by atoms with van der Waals surface area (Å²) in [4.78, 5) is 20.8. The highest BCUT2D eigenvalue weighted by molar-refractivity contribution is 5.73. The van der Waals surface area contributed by atoms with Crippen molar-refractivity contribution < 1.29 is 19.4 Å². The summed E-state index contributed by atoms with van der Waals surface area (Å²) in [6, 6.07) is -0.508. The Labute approximate surface area is 70.7 Å². The number of aliphatic hydroxyl groups is 1. The van der Waals surface area contributed by atoms with Gasteiger partial charge < -0.3 is 15.2 Å². The Kier molecular flexibility index (Phi) is 5.03. The van der Waals surface area contributed by atoms with Crippen molar-refractivity contribution in [2.24, 2.45) is 0 Å². The molecule has 70 valence electrons. The molecule has 1 amide bonds. The fourth-order valence-electron chi connectivity index (χ4n) is 0.645. The first-order chi connectivity index (χ1) is 5.56. The van der Waals surface area contributed by atoms with E-state index in [0.717, 1.165) is 0 Å². The van der Waals surface area contributed by atoms with Crippen LogP contribution < -0.4 is 5.32 Å². The Bertz CT molecular complexity index is 169. The van der Waals surface area contributed by atoms with Gasteiger partial charge in [0.15, 0.2) is 0 Å². The summed E-state index contributed by atoms with van der Waals surface area (Å²) in [7, 11) is 0. The Morgan fingerprint density at radius 1 is 1.50 bits per heavy atom. The summed E-state index contributed by atoms with van der Waals surface area (Å²) in [5.74, 6) is -0.694. The van der Waals surface area contributed by atoms with E-state index in [-0.39, 0.29) is 19.1 Å². The predicted octanol–water partition coefficient (Wildman–Crippen LogP) is -0.954. The van der Waals surface area contributed by atoms with Crippen molar-refractivity contribution in [1.29, 1.82) is 0 Å². The summed E-state index contributed by atoms with van der Waals surface area (Å²) in [5.41, 5.74) is 0. The highest BCUT2D eigenvalue weighted by atomic mass is 16.5. The number of hydrogen-bond acceptors (Lipinski definition) is 4. The van der Waals surface area contributed by atoms with Gasteiger partial charge in [0.2, 0.25) is 5.91 Å². The third-order valence-corrected chi connectivity index (χ3v) is 1.12. The molecule has 0 aliphatic rings. The maximum atomic E-state index is 10.5. The molecule has 0 aromatic heterocycles. The van der Waals surface area contributed by atoms with Crippen LogP contribution in [0.3, 0.4) is 0 Å². The molecule has 12 heavy (non-hydrogen) atoms. The van der Waals surface area contributed by atoms with Gasteiger partial charge in [-0.25, -0.2) is 0 Å². The highest BCUT2D eigenvalue weighted by Crippen LogP contribution is 1.85. The standard InChI is InChI=1S/C7H13NO4/c1-5(10)8-7(3-9)4-12-6(2)11/h7,9H,3-4H2,1-2H3,(H,8,10). The van der Waals surface area contributed by atoms with Crippen molar-refractivity contribution in [3.8, 4) is 0 Å². The van der Waals surface area contributed by atoms with E-state index in [2.05, 4.69) is 10.1 Å². The quantitative estimate of drug-likeness (QED) is 0.540. The number of amides is 1. The van der Waals surface area contributed by atoms with E-state index in [1.165, 1.54) is 13.8 Å². The molecule has 0 fully saturated rings. The fourth-order valence-corrected chi connectivity index (χ4v) is 0.645. The minimum Gasteiger partial charge on any atom is -0.464 e. The van der Waals surface area contributed by atoms with E-state index in [4.69, 9.17) is 5.11 Å². The lowest BCUT2D eigenvalue weighted by molar-refractivity contribution is -0.142. The summed E-state index contributed by atoms with van der Waals surface area (Å²) in [6.45, 7) is 2.36. The molecule has 0 aliphatic carbocycles. The van der Waals surface area contributed by atoms with E-state index < -0.39 is 12.0 Å². The van der Waals surface area contributed by atoms with Gasteiger partial charge in [-0.05, 0) is 0 Å². The number of esters is 1. The summed E-state index contributed by atoms with van der Waals surface area (Å²) in [6.07, 6.45) is 0. The van der Waals surface area contributed by atoms with Crippen LogP contribution >= 0.6 is 0 Å². The fraction of sp³-hybridized carbons (Fsp3) is 0.714. The molecule has 5 nitrogen and oxygen atoms in total. The number of nitrogens with one attached hydrogen (secondary N) is 1. The number of hydrogen-bond donors (Lipinski definition) is 2. The van der Waals surface area contributed by atoms with Crippen molar-refractivity contribution in [2.45, 2.75) is 19.9 Å². The van der Waals surface area contributed by atoms with Crippen LogP contribution in [0, 0.1) is 0 Å². The molecule has 0 heterocycles. The van der Waals surface area contributed by atoms with Gasteiger partial charge in [-0.15, -0.1) is 0 Å². The van der Waals surface area contributed by atoms with Gasteiger partial charge in [0.25, 0.3) is 0 Å². The largest absolute Gasteiger partial charge is 0.464 e. The van der Waals surface area contributed by atoms with Gasteiger partial charge in [-0.1, -0.05) is 0 Å². The zero-order valence-corrected chi connectivity index (χ0v) is 7.16. The van der Waals surface area contributed by atoms with E-state index in [9.17, 15) is 9.59 Å². The zero-order valence-electron chi connectivity index (χ0n) is 7.16. The highest BCUT2D eigenvalue weighted by Gasteiger charge is 2.09. The third-order valence-electron chi connectivity index (χ3n) is 1.12. The van der Waals surface area contributed by atoms with Gasteiger partial charge in [-0.3, -0.25) is 9.59 Å². The van der Waals surface area contributed by atoms with Crippen molar-refractivity contribution in [1.82, 2.24) is 5.32 Å². The van der Waals surface area contributed by atoms with Crippen LogP contribution in [0.25, 0.3) is 0 Å². The molecule has 2 N–H and O–H groups in total. The van der Waals surface area contributed by atoms with E-state index >= 15 is 0 Å². The second-order valence-electron chi connectivity index (χ2n) is 2.38. The van der Waals surface area contributed by atoms with Crippen LogP contribution in [0.1, 0.15) is 13.8 Å². The average molecular weight is 175 g/mol. The van der Waals surface area contributed by atoms with Crippen LogP contribution in [0.5, 0.6) is 0 Å². The van der Waals surface area contributed by atoms with Crippen LogP contribution in [0.4, 0.5) is 0 Å². The first-order valence-electron chi connectivity index (χ1n) is 3.57. The lowest BCUT2D eigenvalue weighted by Crippen LogP contribution is -2.39. The smallest absolute Gasteiger partial charge is 0.302 e. The molecule has 5 heteroatoms. The molecule has 1 unspecified atom stereocenters. The van der Waals surface area contributed by atoms with Gasteiger partial charge >= 0.3 is 5.97 Å². The number of carbonyl (C=O) groups is 2. The first kappa shape index (κ1) is 10.9. The molecule has 0 aromatic rings. The molecule has 0 radical (unpaired) electrons. The summed E-state index contributed by atoms with van der Waals surface area (Å²) < 4.78 is 4.58. The molecule has 0 bridgehead atoms. The van der Waals surface area contributed by atoms with Crippen molar-refractivity contribution >= 4 is 11.9 Å². The molecule has 0 rings (SSSR count). The summed E-state index contributed by atoms with van der Waals surface area (Å²) >= 11 is 0. The third kappa shape index (κ3) is 5.67. The molecule has 0 saturated heterocycles. The van der Waals surface area contributed by atoms with Crippen LogP contribution in [-0.4, -0.2) is 36.2 Å². The molecule has 1 atom stereocenters. The van der Waals surface area contributed by atoms with Crippen molar-refractivity contribution in [3.05, 3.63) is 0 Å². The Balaban J connectivity index is 3.67. The zero-order chi connectivity index (χ0) is 9.56. The van der Waals surface area contributed by atoms with Crippen LogP contribution in [-0.2, 0) is 14.3 Å². The van der Waals surface area contributed by atoms with Crippen molar-refractivity contribution in [3.63, 3.8) is 0 Å². The number of carbonyl (C=O) groups excluding carboxylic acids is 2. The molecular formula is C7H13NO4. The second kappa shape index (κ2) is 5.54. The normalized spacial score (nSPS) is 11.9. The topological polar surface area (TPSA) is 75.6 Å². The lowest BCUT2D eigenvalue weighted by atomic mass is 10.3. The molecule has 0 aliphatic heterocycles. The number of rotatable bonds is 4. The predicted molar refractivity (Wildman–Crippen MR) is 41.3 cm³/mol. The Morgan fingerprint density at radius 3 is 2.42 bits per heavy atom. The average Bonchev–Trinajstić information content (AvgIpc) is 1.97. The summed E-state index contributed by atoms with van der Waals surface area (Å²) in [5, 5.41) is 11.1. The van der Waals surface area contributed by atoms with Gasteiger partial charge in [0.1, 0.15) is 6.61 Å². The maximum absolute atomic E-state index is 10.5. The van der Waals surface area contributed by atoms with E-state index in [1.807, 2.05) is 0 Å². The Morgan fingerprint density at radius 2 is 2.08 bits per heavy atom. The first-order valence-corrected chi connectivity index (χ1v) is 3.57. The van der Waals surface area contributed by atoms with E-state index in [0.29, 0.717) is 0 Å². The molecule has 0 saturated carbocycles. The lowest BCUT2D eigenvalue weighted by Gasteiger charge is -2.13. The second-order valence-corrected chi connectivity index (χ2v) is 2.38. The molecule has 0 spiro atoms. The van der Waals surface area contributed by atoms with Crippen LogP contribution in [0.15, 0.2) is 0 Å². The SMILES string of the molecule is CC(=O)NC(CO)COC(C)=O. The van der Waals surface area contributed by atoms with E-state index in [1.54, 1.807) is 0 Å². The van der Waals surface area contributed by atoms with Gasteiger partial charge in [0, 0.05) is 13.8 Å². The minimum absolute atomic E-state index is 0.00537. The van der Waals surface area contributed by atoms with Crippen molar-refractivity contribution in [2.75, 3.05) is 13.2 Å². The monoisotopic (exact) mass is 175 g/mol. The number of aliphatic hydroxyl groups excluding tert-OH is 1.